The number of hydrogen-bond donors (Lipinski definition) is 0. The molecule has 0 spiro atoms. The average molecular weight is 486 g/mol. The van der Waals surface area contributed by atoms with Gasteiger partial charge in [-0.1, -0.05) is 30.3 Å². The Morgan fingerprint density at radius 2 is 1.86 bits per heavy atom. The highest BCUT2D eigenvalue weighted by atomic mass is 32.1. The Labute approximate surface area is 209 Å². The molecule has 7 nitrogen and oxygen atoms in total. The quantitative estimate of drug-likeness (QED) is 0.482. The van der Waals surface area contributed by atoms with Crippen molar-refractivity contribution in [3.8, 4) is 6.07 Å². The molecule has 0 N–H and O–H groups in total. The van der Waals surface area contributed by atoms with Gasteiger partial charge in [-0.05, 0) is 42.3 Å². The van der Waals surface area contributed by atoms with E-state index in [0.717, 1.165) is 37.3 Å². The van der Waals surface area contributed by atoms with E-state index in [1.165, 1.54) is 18.3 Å². The third-order valence-corrected chi connectivity index (χ3v) is 6.66. The van der Waals surface area contributed by atoms with Crippen LogP contribution in [0.2, 0.25) is 0 Å². The van der Waals surface area contributed by atoms with Gasteiger partial charge in [-0.3, -0.25) is 19.4 Å². The number of rotatable bonds is 6. The van der Waals surface area contributed by atoms with Gasteiger partial charge in [0, 0.05) is 51.1 Å². The molecule has 1 aliphatic rings. The van der Waals surface area contributed by atoms with E-state index in [-0.39, 0.29) is 11.8 Å². The zero-order valence-corrected chi connectivity index (χ0v) is 20.4. The van der Waals surface area contributed by atoms with Crippen LogP contribution >= 0.6 is 11.3 Å². The highest BCUT2D eigenvalue weighted by molar-refractivity contribution is 7.14. The molecule has 2 aromatic carbocycles. The van der Waals surface area contributed by atoms with E-state index < -0.39 is 0 Å². The molecule has 0 atom stereocenters. The third kappa shape index (κ3) is 6.41. The minimum Gasteiger partial charge on any atom is -0.338 e. The lowest BCUT2D eigenvalue weighted by molar-refractivity contribution is -0.125. The van der Waals surface area contributed by atoms with Crippen LogP contribution in [0.5, 0.6) is 0 Å². The number of amides is 2. The summed E-state index contributed by atoms with van der Waals surface area (Å²) >= 11 is 1.37. The molecule has 1 aromatic heterocycles. The van der Waals surface area contributed by atoms with Crippen molar-refractivity contribution in [3.63, 3.8) is 0 Å². The van der Waals surface area contributed by atoms with Crippen LogP contribution in [0.25, 0.3) is 6.08 Å². The monoisotopic (exact) mass is 485 g/mol. The third-order valence-electron chi connectivity index (χ3n) is 5.82. The van der Waals surface area contributed by atoms with Crippen LogP contribution in [0.15, 0.2) is 66.1 Å². The van der Waals surface area contributed by atoms with Gasteiger partial charge in [0.15, 0.2) is 5.13 Å². The maximum atomic E-state index is 12.8. The maximum Gasteiger partial charge on any atom is 0.246 e. The van der Waals surface area contributed by atoms with Gasteiger partial charge in [0.25, 0.3) is 0 Å². The summed E-state index contributed by atoms with van der Waals surface area (Å²) in [5, 5.41) is 11.4. The zero-order valence-electron chi connectivity index (χ0n) is 19.6. The molecule has 2 heterocycles. The van der Waals surface area contributed by atoms with E-state index in [1.54, 1.807) is 17.1 Å². The molecule has 3 aromatic rings. The van der Waals surface area contributed by atoms with Crippen molar-refractivity contribution in [1.29, 1.82) is 5.26 Å². The number of aromatic nitrogens is 1. The molecule has 4 rings (SSSR count). The van der Waals surface area contributed by atoms with Crippen LogP contribution < -0.4 is 4.90 Å². The fourth-order valence-corrected chi connectivity index (χ4v) is 4.87. The molecule has 0 bridgehead atoms. The number of para-hydroxylation sites is 1. The van der Waals surface area contributed by atoms with Crippen molar-refractivity contribution in [1.82, 2.24) is 14.8 Å². The first-order valence-electron chi connectivity index (χ1n) is 11.5. The Kier molecular flexibility index (Phi) is 8.03. The second-order valence-corrected chi connectivity index (χ2v) is 9.18. The molecule has 0 unspecified atom stereocenters. The molecule has 1 fully saturated rings. The summed E-state index contributed by atoms with van der Waals surface area (Å²) in [6.45, 7) is 5.40. The summed E-state index contributed by atoms with van der Waals surface area (Å²) < 4.78 is 0. The molecule has 2 amide bonds. The van der Waals surface area contributed by atoms with Crippen LogP contribution in [0.4, 0.5) is 10.8 Å². The van der Waals surface area contributed by atoms with Crippen LogP contribution in [0, 0.1) is 11.3 Å². The van der Waals surface area contributed by atoms with Crippen LogP contribution in [-0.2, 0) is 16.1 Å². The fraction of sp³-hybridized carbons (Fsp3) is 0.259. The SMILES string of the molecule is CC(=O)N(c1ccccc1)c1nc(/C=C/C(=O)N2CCCN(Cc3ccc(C#N)cc3)CC2)cs1. The highest BCUT2D eigenvalue weighted by Gasteiger charge is 2.19. The predicted octanol–water partition coefficient (Wildman–Crippen LogP) is 4.45. The smallest absolute Gasteiger partial charge is 0.246 e. The summed E-state index contributed by atoms with van der Waals surface area (Å²) in [5.74, 6) is -0.154. The van der Waals surface area contributed by atoms with Crippen molar-refractivity contribution < 1.29 is 9.59 Å². The van der Waals surface area contributed by atoms with E-state index >= 15 is 0 Å². The second-order valence-electron chi connectivity index (χ2n) is 8.34. The molecule has 0 aliphatic carbocycles. The summed E-state index contributed by atoms with van der Waals surface area (Å²) in [4.78, 5) is 35.4. The van der Waals surface area contributed by atoms with E-state index in [1.807, 2.05) is 64.9 Å². The molecule has 0 radical (unpaired) electrons. The first-order valence-corrected chi connectivity index (χ1v) is 12.4. The second kappa shape index (κ2) is 11.6. The average Bonchev–Trinajstić information content (AvgIpc) is 3.20. The topological polar surface area (TPSA) is 80.5 Å². The Morgan fingerprint density at radius 1 is 1.09 bits per heavy atom. The summed E-state index contributed by atoms with van der Waals surface area (Å²) in [6, 6.07) is 19.2. The number of thiazole rings is 1. The first kappa shape index (κ1) is 24.3. The fourth-order valence-electron chi connectivity index (χ4n) is 4.01. The van der Waals surface area contributed by atoms with Gasteiger partial charge >= 0.3 is 0 Å². The van der Waals surface area contributed by atoms with Gasteiger partial charge in [0.1, 0.15) is 0 Å². The van der Waals surface area contributed by atoms with Crippen LogP contribution in [0.3, 0.4) is 0 Å². The number of hydrogen-bond acceptors (Lipinski definition) is 6. The Morgan fingerprint density at radius 3 is 2.57 bits per heavy atom. The van der Waals surface area contributed by atoms with E-state index in [4.69, 9.17) is 5.26 Å². The summed E-state index contributed by atoms with van der Waals surface area (Å²) in [5.41, 5.74) is 3.24. The lowest BCUT2D eigenvalue weighted by Gasteiger charge is -2.21. The Bertz CT molecular complexity index is 1230. The predicted molar refractivity (Wildman–Crippen MR) is 138 cm³/mol. The summed E-state index contributed by atoms with van der Waals surface area (Å²) in [6.07, 6.45) is 4.18. The van der Waals surface area contributed by atoms with Gasteiger partial charge < -0.3 is 4.90 Å². The number of anilines is 2. The largest absolute Gasteiger partial charge is 0.338 e. The number of carbonyl (C=O) groups is 2. The molecule has 1 saturated heterocycles. The normalized spacial score (nSPS) is 14.5. The minimum atomic E-state index is -0.118. The standard InChI is InChI=1S/C27H27N5O2S/c1-21(33)32(25-6-3-2-4-7-25)27-29-24(20-35-27)12-13-26(34)31-15-5-14-30(16-17-31)19-23-10-8-22(18-28)9-11-23/h2-4,6-13,20H,5,14-17,19H2,1H3/b13-12+. The lowest BCUT2D eigenvalue weighted by Crippen LogP contribution is -2.34. The Hall–Kier alpha value is -3.80. The molecule has 1 aliphatic heterocycles. The number of nitriles is 1. The lowest BCUT2D eigenvalue weighted by atomic mass is 10.1. The zero-order chi connectivity index (χ0) is 24.6. The van der Waals surface area contributed by atoms with Gasteiger partial charge in [0.2, 0.25) is 11.8 Å². The van der Waals surface area contributed by atoms with Crippen molar-refractivity contribution >= 4 is 40.0 Å². The molecular formula is C27H27N5O2S. The molecule has 0 saturated carbocycles. The van der Waals surface area contributed by atoms with Crippen LogP contribution in [-0.4, -0.2) is 52.8 Å². The van der Waals surface area contributed by atoms with Crippen molar-refractivity contribution in [2.75, 3.05) is 31.1 Å². The molecular weight excluding hydrogens is 458 g/mol. The Balaban J connectivity index is 1.34. The number of benzene rings is 2. The van der Waals surface area contributed by atoms with Crippen molar-refractivity contribution in [2.45, 2.75) is 19.9 Å². The van der Waals surface area contributed by atoms with Gasteiger partial charge in [-0.2, -0.15) is 5.26 Å². The number of carbonyl (C=O) groups excluding carboxylic acids is 2. The van der Waals surface area contributed by atoms with Crippen molar-refractivity contribution in [2.24, 2.45) is 0 Å². The van der Waals surface area contributed by atoms with Gasteiger partial charge in [-0.25, -0.2) is 4.98 Å². The van der Waals surface area contributed by atoms with Crippen molar-refractivity contribution in [3.05, 3.63) is 82.9 Å². The van der Waals surface area contributed by atoms with E-state index in [2.05, 4.69) is 16.0 Å². The maximum absolute atomic E-state index is 12.8. The number of nitrogens with zero attached hydrogens (tertiary/aromatic N) is 5. The van der Waals surface area contributed by atoms with E-state index in [0.29, 0.717) is 29.5 Å². The van der Waals surface area contributed by atoms with Crippen LogP contribution in [0.1, 0.15) is 30.2 Å². The minimum absolute atomic E-state index is 0.0359. The highest BCUT2D eigenvalue weighted by Crippen LogP contribution is 2.29. The molecule has 8 heteroatoms. The molecule has 178 valence electrons. The summed E-state index contributed by atoms with van der Waals surface area (Å²) in [7, 11) is 0. The first-order chi connectivity index (χ1) is 17.0. The van der Waals surface area contributed by atoms with Gasteiger partial charge in [0.05, 0.1) is 23.0 Å². The molecule has 35 heavy (non-hydrogen) atoms. The van der Waals surface area contributed by atoms with E-state index in [9.17, 15) is 9.59 Å². The van der Waals surface area contributed by atoms with Gasteiger partial charge in [-0.15, -0.1) is 11.3 Å².